The van der Waals surface area contributed by atoms with E-state index in [1.807, 2.05) is 25.1 Å². The van der Waals surface area contributed by atoms with Crippen LogP contribution in [0.4, 0.5) is 5.69 Å². The van der Waals surface area contributed by atoms with Crippen molar-refractivity contribution in [1.82, 2.24) is 0 Å². The normalized spacial score (nSPS) is 9.95. The molecule has 0 radical (unpaired) electrons. The molecule has 0 aliphatic carbocycles. The Morgan fingerprint density at radius 2 is 2.10 bits per heavy atom. The zero-order chi connectivity index (χ0) is 15.4. The smallest absolute Gasteiger partial charge is 0.312 e. The molecule has 0 bridgehead atoms. The van der Waals surface area contributed by atoms with Gasteiger partial charge in [-0.2, -0.15) is 5.26 Å². The van der Waals surface area contributed by atoms with Crippen molar-refractivity contribution < 1.29 is 9.66 Å². The number of rotatable bonds is 4. The van der Waals surface area contributed by atoms with E-state index in [0.29, 0.717) is 5.02 Å². The summed E-state index contributed by atoms with van der Waals surface area (Å²) >= 11 is 6.09. The Hall–Kier alpha value is -2.58. The monoisotopic (exact) mass is 302 g/mol. The molecule has 0 aromatic heterocycles. The van der Waals surface area contributed by atoms with Gasteiger partial charge >= 0.3 is 5.69 Å². The minimum atomic E-state index is -0.576. The molecular formula is C15H11ClN2O3. The lowest BCUT2D eigenvalue weighted by atomic mass is 10.1. The average Bonchev–Trinajstić information content (AvgIpc) is 2.46. The second-order valence-electron chi connectivity index (χ2n) is 4.43. The number of nitrogens with zero attached hydrogens (tertiary/aromatic N) is 2. The van der Waals surface area contributed by atoms with Gasteiger partial charge in [0.05, 0.1) is 16.6 Å². The predicted molar refractivity (Wildman–Crippen MR) is 78.3 cm³/mol. The lowest BCUT2D eigenvalue weighted by molar-refractivity contribution is -0.386. The summed E-state index contributed by atoms with van der Waals surface area (Å²) in [7, 11) is 0. The second kappa shape index (κ2) is 6.25. The highest BCUT2D eigenvalue weighted by Gasteiger charge is 2.16. The third kappa shape index (κ3) is 3.50. The molecule has 0 heterocycles. The number of nitro benzene ring substituents is 1. The minimum absolute atomic E-state index is 0.107. The Labute approximate surface area is 126 Å². The van der Waals surface area contributed by atoms with Crippen molar-refractivity contribution in [1.29, 1.82) is 5.26 Å². The Morgan fingerprint density at radius 1 is 1.33 bits per heavy atom. The van der Waals surface area contributed by atoms with E-state index < -0.39 is 4.92 Å². The number of nitro groups is 1. The van der Waals surface area contributed by atoms with Gasteiger partial charge in [-0.3, -0.25) is 10.1 Å². The molecule has 0 atom stereocenters. The molecule has 2 rings (SSSR count). The average molecular weight is 303 g/mol. The van der Waals surface area contributed by atoms with E-state index in [1.165, 1.54) is 18.2 Å². The molecule has 0 fully saturated rings. The van der Waals surface area contributed by atoms with Crippen LogP contribution in [0.3, 0.4) is 0 Å². The Balaban J connectivity index is 2.24. The van der Waals surface area contributed by atoms with Crippen LogP contribution in [0.15, 0.2) is 36.4 Å². The quantitative estimate of drug-likeness (QED) is 0.631. The van der Waals surface area contributed by atoms with E-state index in [4.69, 9.17) is 21.6 Å². The molecule has 0 saturated heterocycles. The molecule has 106 valence electrons. The van der Waals surface area contributed by atoms with Crippen molar-refractivity contribution >= 4 is 17.3 Å². The molecule has 21 heavy (non-hydrogen) atoms. The number of hydrogen-bond acceptors (Lipinski definition) is 4. The molecule has 0 N–H and O–H groups in total. The van der Waals surface area contributed by atoms with Crippen molar-refractivity contribution in [3.05, 3.63) is 68.2 Å². The van der Waals surface area contributed by atoms with Crippen LogP contribution in [-0.2, 0) is 6.61 Å². The van der Waals surface area contributed by atoms with Gasteiger partial charge in [0.1, 0.15) is 6.61 Å². The van der Waals surface area contributed by atoms with Crippen LogP contribution in [0.2, 0.25) is 5.02 Å². The maximum absolute atomic E-state index is 11.0. The Bertz CT molecular complexity index is 738. The fourth-order valence-corrected chi connectivity index (χ4v) is 2.07. The van der Waals surface area contributed by atoms with Crippen molar-refractivity contribution in [3.63, 3.8) is 0 Å². The number of halogens is 1. The van der Waals surface area contributed by atoms with Gasteiger partial charge in [-0.05, 0) is 30.7 Å². The van der Waals surface area contributed by atoms with Gasteiger partial charge in [0, 0.05) is 16.7 Å². The topological polar surface area (TPSA) is 76.2 Å². The molecule has 6 heteroatoms. The first-order valence-electron chi connectivity index (χ1n) is 6.07. The lowest BCUT2D eigenvalue weighted by Crippen LogP contribution is -2.00. The number of hydrogen-bond donors (Lipinski definition) is 0. The molecular weight excluding hydrogens is 292 g/mol. The zero-order valence-electron chi connectivity index (χ0n) is 11.2. The van der Waals surface area contributed by atoms with E-state index >= 15 is 0 Å². The summed E-state index contributed by atoms with van der Waals surface area (Å²) in [6.45, 7) is 2.04. The molecule has 0 aliphatic heterocycles. The van der Waals surface area contributed by atoms with Crippen molar-refractivity contribution in [2.75, 3.05) is 0 Å². The first-order chi connectivity index (χ1) is 10.0. The Kier molecular flexibility index (Phi) is 4.41. The van der Waals surface area contributed by atoms with E-state index in [-0.39, 0.29) is 23.6 Å². The van der Waals surface area contributed by atoms with Crippen LogP contribution >= 0.6 is 11.6 Å². The van der Waals surface area contributed by atoms with Gasteiger partial charge in [-0.15, -0.1) is 0 Å². The summed E-state index contributed by atoms with van der Waals surface area (Å²) in [5, 5.41) is 20.3. The maximum atomic E-state index is 11.0. The molecule has 2 aromatic carbocycles. The summed E-state index contributed by atoms with van der Waals surface area (Å²) < 4.78 is 5.47. The van der Waals surface area contributed by atoms with Gasteiger partial charge in [0.2, 0.25) is 0 Å². The fraction of sp³-hybridized carbons (Fsp3) is 0.133. The summed E-state index contributed by atoms with van der Waals surface area (Å²) in [5.41, 5.74) is 1.73. The fourth-order valence-electron chi connectivity index (χ4n) is 1.78. The van der Waals surface area contributed by atoms with E-state index in [0.717, 1.165) is 11.1 Å². The molecule has 0 unspecified atom stereocenters. The highest BCUT2D eigenvalue weighted by atomic mass is 35.5. The molecule has 5 nitrogen and oxygen atoms in total. The number of ether oxygens (including phenoxy) is 1. The summed E-state index contributed by atoms with van der Waals surface area (Å²) in [6.07, 6.45) is 0. The SMILES string of the molecule is Cc1ccc(COc2ccc(C#N)cc2[N+](=O)[O-])c(Cl)c1. The first kappa shape index (κ1) is 14.8. The third-order valence-electron chi connectivity index (χ3n) is 2.88. The van der Waals surface area contributed by atoms with Crippen LogP contribution in [0.1, 0.15) is 16.7 Å². The summed E-state index contributed by atoms with van der Waals surface area (Å²) in [6, 6.07) is 11.4. The summed E-state index contributed by atoms with van der Waals surface area (Å²) in [4.78, 5) is 10.4. The van der Waals surface area contributed by atoms with E-state index in [2.05, 4.69) is 0 Å². The van der Waals surface area contributed by atoms with Crippen LogP contribution in [0.25, 0.3) is 0 Å². The molecule has 2 aromatic rings. The van der Waals surface area contributed by atoms with Crippen LogP contribution in [-0.4, -0.2) is 4.92 Å². The number of benzene rings is 2. The predicted octanol–water partition coefficient (Wildman–Crippen LogP) is 4.01. The molecule has 0 saturated carbocycles. The maximum Gasteiger partial charge on any atom is 0.312 e. The lowest BCUT2D eigenvalue weighted by Gasteiger charge is -2.09. The van der Waals surface area contributed by atoms with Crippen LogP contribution < -0.4 is 4.74 Å². The van der Waals surface area contributed by atoms with Crippen LogP contribution in [0.5, 0.6) is 5.75 Å². The van der Waals surface area contributed by atoms with Crippen LogP contribution in [0, 0.1) is 28.4 Å². The highest BCUT2D eigenvalue weighted by Crippen LogP contribution is 2.29. The van der Waals surface area contributed by atoms with Gasteiger partial charge in [-0.25, -0.2) is 0 Å². The highest BCUT2D eigenvalue weighted by molar-refractivity contribution is 6.31. The number of aryl methyl sites for hydroxylation is 1. The zero-order valence-corrected chi connectivity index (χ0v) is 11.9. The van der Waals surface area contributed by atoms with Gasteiger partial charge < -0.3 is 4.74 Å². The molecule has 0 aliphatic rings. The molecule has 0 spiro atoms. The second-order valence-corrected chi connectivity index (χ2v) is 4.84. The van der Waals surface area contributed by atoms with Gasteiger partial charge in [0.15, 0.2) is 5.75 Å². The van der Waals surface area contributed by atoms with E-state index in [9.17, 15) is 10.1 Å². The largest absolute Gasteiger partial charge is 0.482 e. The van der Waals surface area contributed by atoms with Gasteiger partial charge in [0.25, 0.3) is 0 Å². The Morgan fingerprint density at radius 3 is 2.71 bits per heavy atom. The van der Waals surface area contributed by atoms with Crippen molar-refractivity contribution in [3.8, 4) is 11.8 Å². The third-order valence-corrected chi connectivity index (χ3v) is 3.23. The van der Waals surface area contributed by atoms with Crippen molar-refractivity contribution in [2.24, 2.45) is 0 Å². The van der Waals surface area contributed by atoms with E-state index in [1.54, 1.807) is 6.07 Å². The summed E-state index contributed by atoms with van der Waals surface area (Å²) in [5.74, 6) is 0.107. The first-order valence-corrected chi connectivity index (χ1v) is 6.45. The standard InChI is InChI=1S/C15H11ClN2O3/c1-10-2-4-12(13(16)6-10)9-21-15-5-3-11(8-17)7-14(15)18(19)20/h2-7H,9H2,1H3. The minimum Gasteiger partial charge on any atom is -0.482 e. The van der Waals surface area contributed by atoms with Crippen molar-refractivity contribution in [2.45, 2.75) is 13.5 Å². The molecule has 0 amide bonds. The van der Waals surface area contributed by atoms with Gasteiger partial charge in [-0.1, -0.05) is 23.7 Å². The number of nitriles is 1.